The Labute approximate surface area is 160 Å². The molecule has 1 spiro atoms. The zero-order valence-electron chi connectivity index (χ0n) is 16.3. The SMILES string of the molecule is CC(C)n1ccnc1CN1CCC2(CC1)C[C@H](C(=O)O)N(C(=O)C1CC1)C2. The first-order chi connectivity index (χ1) is 12.9. The highest BCUT2D eigenvalue weighted by Gasteiger charge is 2.51. The summed E-state index contributed by atoms with van der Waals surface area (Å²) in [7, 11) is 0. The second-order valence-electron chi connectivity index (χ2n) is 8.92. The van der Waals surface area contributed by atoms with Crippen LogP contribution in [0, 0.1) is 11.3 Å². The molecule has 1 aliphatic carbocycles. The number of likely N-dealkylation sites (tertiary alicyclic amines) is 2. The van der Waals surface area contributed by atoms with Crippen molar-refractivity contribution in [2.24, 2.45) is 11.3 Å². The highest BCUT2D eigenvalue weighted by molar-refractivity contribution is 5.87. The Kier molecular flexibility index (Phi) is 4.74. The molecule has 7 heteroatoms. The lowest BCUT2D eigenvalue weighted by Crippen LogP contribution is -2.43. The van der Waals surface area contributed by atoms with Crippen LogP contribution in [0.15, 0.2) is 12.4 Å². The molecule has 0 aromatic carbocycles. The molecule has 0 unspecified atom stereocenters. The fourth-order valence-corrected chi connectivity index (χ4v) is 4.76. The summed E-state index contributed by atoms with van der Waals surface area (Å²) in [5.74, 6) is 0.390. The lowest BCUT2D eigenvalue weighted by atomic mass is 9.76. The molecule has 1 amide bonds. The summed E-state index contributed by atoms with van der Waals surface area (Å²) in [5.41, 5.74) is -0.0302. The van der Waals surface area contributed by atoms with Crippen LogP contribution in [0.25, 0.3) is 0 Å². The largest absolute Gasteiger partial charge is 0.480 e. The minimum atomic E-state index is -0.845. The number of rotatable bonds is 5. The number of hydrogen-bond acceptors (Lipinski definition) is 4. The van der Waals surface area contributed by atoms with Gasteiger partial charge in [0.2, 0.25) is 5.91 Å². The van der Waals surface area contributed by atoms with Gasteiger partial charge >= 0.3 is 5.97 Å². The van der Waals surface area contributed by atoms with E-state index in [2.05, 4.69) is 28.3 Å². The van der Waals surface area contributed by atoms with Crippen LogP contribution >= 0.6 is 0 Å². The van der Waals surface area contributed by atoms with Crippen LogP contribution in [0.2, 0.25) is 0 Å². The van der Waals surface area contributed by atoms with Gasteiger partial charge in [-0.1, -0.05) is 0 Å². The Balaban J connectivity index is 1.40. The number of piperidine rings is 1. The van der Waals surface area contributed by atoms with Crippen molar-refractivity contribution < 1.29 is 14.7 Å². The second-order valence-corrected chi connectivity index (χ2v) is 8.92. The van der Waals surface area contributed by atoms with E-state index in [9.17, 15) is 14.7 Å². The van der Waals surface area contributed by atoms with Crippen molar-refractivity contribution in [2.75, 3.05) is 19.6 Å². The number of aliphatic carboxylic acids is 1. The third kappa shape index (κ3) is 3.61. The summed E-state index contributed by atoms with van der Waals surface area (Å²) in [6.07, 6.45) is 8.24. The smallest absolute Gasteiger partial charge is 0.326 e. The fourth-order valence-electron chi connectivity index (χ4n) is 4.76. The third-order valence-electron chi connectivity index (χ3n) is 6.59. The summed E-state index contributed by atoms with van der Waals surface area (Å²) in [4.78, 5) is 32.9. The average molecular weight is 374 g/mol. The molecule has 3 fully saturated rings. The highest BCUT2D eigenvalue weighted by Crippen LogP contribution is 2.45. The van der Waals surface area contributed by atoms with Gasteiger partial charge in [0.1, 0.15) is 11.9 Å². The van der Waals surface area contributed by atoms with Crippen LogP contribution < -0.4 is 0 Å². The molecule has 2 saturated heterocycles. The Morgan fingerprint density at radius 2 is 2.00 bits per heavy atom. The minimum absolute atomic E-state index is 0.0302. The Hall–Kier alpha value is -1.89. The molecule has 1 atom stereocenters. The van der Waals surface area contributed by atoms with E-state index in [1.807, 2.05) is 12.4 Å². The summed E-state index contributed by atoms with van der Waals surface area (Å²) < 4.78 is 2.20. The van der Waals surface area contributed by atoms with Crippen molar-refractivity contribution in [1.82, 2.24) is 19.4 Å². The van der Waals surface area contributed by atoms with Gasteiger partial charge in [-0.25, -0.2) is 9.78 Å². The van der Waals surface area contributed by atoms with Gasteiger partial charge in [-0.05, 0) is 64.5 Å². The Morgan fingerprint density at radius 3 is 2.59 bits per heavy atom. The number of carbonyl (C=O) groups excluding carboxylic acids is 1. The lowest BCUT2D eigenvalue weighted by Gasteiger charge is -2.39. The van der Waals surface area contributed by atoms with Gasteiger partial charge in [0.25, 0.3) is 0 Å². The van der Waals surface area contributed by atoms with Crippen molar-refractivity contribution in [2.45, 2.75) is 64.6 Å². The van der Waals surface area contributed by atoms with E-state index in [0.29, 0.717) is 19.0 Å². The van der Waals surface area contributed by atoms with Gasteiger partial charge in [0.05, 0.1) is 6.54 Å². The van der Waals surface area contributed by atoms with E-state index in [-0.39, 0.29) is 17.2 Å². The molecular weight excluding hydrogens is 344 g/mol. The topological polar surface area (TPSA) is 78.7 Å². The van der Waals surface area contributed by atoms with E-state index in [0.717, 1.165) is 51.1 Å². The number of carboxylic acids is 1. The first-order valence-corrected chi connectivity index (χ1v) is 10.2. The van der Waals surface area contributed by atoms with E-state index in [4.69, 9.17) is 0 Å². The predicted molar refractivity (Wildman–Crippen MR) is 100 cm³/mol. The maximum Gasteiger partial charge on any atom is 0.326 e. The van der Waals surface area contributed by atoms with E-state index >= 15 is 0 Å². The molecule has 3 heterocycles. The predicted octanol–water partition coefficient (Wildman–Crippen LogP) is 2.14. The van der Waals surface area contributed by atoms with E-state index < -0.39 is 12.0 Å². The molecule has 27 heavy (non-hydrogen) atoms. The molecule has 0 radical (unpaired) electrons. The first kappa shape index (κ1) is 18.5. The first-order valence-electron chi connectivity index (χ1n) is 10.2. The molecule has 3 aliphatic rings. The highest BCUT2D eigenvalue weighted by atomic mass is 16.4. The normalized spacial score (nSPS) is 25.4. The molecule has 1 saturated carbocycles. The molecule has 1 N–H and O–H groups in total. The maximum absolute atomic E-state index is 12.6. The summed E-state index contributed by atoms with van der Waals surface area (Å²) >= 11 is 0. The molecular formula is C20H30N4O3. The fraction of sp³-hybridized carbons (Fsp3) is 0.750. The molecule has 4 rings (SSSR count). The molecule has 2 aliphatic heterocycles. The number of aromatic nitrogens is 2. The number of carboxylic acid groups (broad SMARTS) is 1. The zero-order valence-corrected chi connectivity index (χ0v) is 16.3. The van der Waals surface area contributed by atoms with Crippen LogP contribution in [0.4, 0.5) is 0 Å². The van der Waals surface area contributed by atoms with Crippen LogP contribution in [-0.4, -0.2) is 62.0 Å². The summed E-state index contributed by atoms with van der Waals surface area (Å²) in [5, 5.41) is 9.64. The van der Waals surface area contributed by atoms with E-state index in [1.165, 1.54) is 0 Å². The van der Waals surface area contributed by atoms with Gasteiger partial charge in [0.15, 0.2) is 0 Å². The van der Waals surface area contributed by atoms with Crippen LogP contribution in [0.3, 0.4) is 0 Å². The molecule has 0 bridgehead atoms. The Bertz CT molecular complexity index is 717. The number of amides is 1. The minimum Gasteiger partial charge on any atom is -0.480 e. The van der Waals surface area contributed by atoms with Crippen molar-refractivity contribution in [3.8, 4) is 0 Å². The number of nitrogens with zero attached hydrogens (tertiary/aromatic N) is 4. The molecule has 148 valence electrons. The summed E-state index contributed by atoms with van der Waals surface area (Å²) in [6, 6.07) is -0.240. The lowest BCUT2D eigenvalue weighted by molar-refractivity contribution is -0.148. The van der Waals surface area contributed by atoms with Crippen LogP contribution in [-0.2, 0) is 16.1 Å². The quantitative estimate of drug-likeness (QED) is 0.854. The third-order valence-corrected chi connectivity index (χ3v) is 6.59. The zero-order chi connectivity index (χ0) is 19.2. The number of carbonyl (C=O) groups is 2. The molecule has 1 aromatic rings. The molecule has 7 nitrogen and oxygen atoms in total. The van der Waals surface area contributed by atoms with Gasteiger partial charge in [-0.15, -0.1) is 0 Å². The van der Waals surface area contributed by atoms with Crippen molar-refractivity contribution in [1.29, 1.82) is 0 Å². The van der Waals surface area contributed by atoms with Gasteiger partial charge < -0.3 is 14.6 Å². The maximum atomic E-state index is 12.6. The second kappa shape index (κ2) is 6.93. The van der Waals surface area contributed by atoms with E-state index in [1.54, 1.807) is 4.90 Å². The van der Waals surface area contributed by atoms with Gasteiger partial charge in [-0.3, -0.25) is 9.69 Å². The van der Waals surface area contributed by atoms with Gasteiger partial charge in [-0.2, -0.15) is 0 Å². The Morgan fingerprint density at radius 1 is 1.30 bits per heavy atom. The standard InChI is InChI=1S/C20H30N4O3/c1-14(2)23-10-7-21-17(23)12-22-8-5-20(6-9-22)11-16(19(26)27)24(13-20)18(25)15-3-4-15/h7,10,14-16H,3-6,8-9,11-13H2,1-2H3,(H,26,27)/t16-/m1/s1. The van der Waals surface area contributed by atoms with Crippen molar-refractivity contribution in [3.05, 3.63) is 18.2 Å². The summed E-state index contributed by atoms with van der Waals surface area (Å²) in [6.45, 7) is 7.63. The van der Waals surface area contributed by atoms with Crippen LogP contribution in [0.1, 0.15) is 57.8 Å². The number of hydrogen-bond donors (Lipinski definition) is 1. The number of imidazole rings is 1. The molecule has 1 aromatic heterocycles. The monoisotopic (exact) mass is 374 g/mol. The van der Waals surface area contributed by atoms with Crippen LogP contribution in [0.5, 0.6) is 0 Å². The van der Waals surface area contributed by atoms with Gasteiger partial charge in [0, 0.05) is 30.9 Å². The average Bonchev–Trinajstić information content (AvgIpc) is 3.26. The van der Waals surface area contributed by atoms with Crippen molar-refractivity contribution in [3.63, 3.8) is 0 Å². The van der Waals surface area contributed by atoms with Crippen molar-refractivity contribution >= 4 is 11.9 Å².